The number of hydrogen-bond donors (Lipinski definition) is 0. The molecule has 2 heterocycles. The number of hydrogen-bond acceptors (Lipinski definition) is 8. The predicted molar refractivity (Wildman–Crippen MR) is 122 cm³/mol. The lowest BCUT2D eigenvalue weighted by atomic mass is 10.2. The number of ether oxygens (including phenoxy) is 2. The highest BCUT2D eigenvalue weighted by Crippen LogP contribution is 2.36. The SMILES string of the molecule is CCOC(=O)[C@@H](C)N1C(=O)S/C(=C/c2cc(C)n(-c3ccc([N+](=O)[O-])cc3OC)c2C)C1=O. The number of nitro benzene ring substituents is 1. The first kappa shape index (κ1) is 24.1. The molecule has 0 spiro atoms. The highest BCUT2D eigenvalue weighted by atomic mass is 32.2. The van der Waals surface area contributed by atoms with Gasteiger partial charge in [0.05, 0.1) is 35.3 Å². The molecule has 0 saturated carbocycles. The van der Waals surface area contributed by atoms with E-state index in [0.29, 0.717) is 17.0 Å². The first-order valence-electron chi connectivity index (χ1n) is 10.1. The van der Waals surface area contributed by atoms with E-state index in [1.165, 1.54) is 26.2 Å². The van der Waals surface area contributed by atoms with E-state index >= 15 is 0 Å². The van der Waals surface area contributed by atoms with E-state index in [0.717, 1.165) is 28.0 Å². The lowest BCUT2D eigenvalue weighted by Crippen LogP contribution is -2.42. The van der Waals surface area contributed by atoms with Crippen LogP contribution in [0.25, 0.3) is 11.8 Å². The second kappa shape index (κ2) is 9.49. The average molecular weight is 474 g/mol. The van der Waals surface area contributed by atoms with Crippen molar-refractivity contribution in [2.75, 3.05) is 13.7 Å². The molecular formula is C22H23N3O7S. The van der Waals surface area contributed by atoms with Crippen LogP contribution in [0.2, 0.25) is 0 Å². The largest absolute Gasteiger partial charge is 0.494 e. The molecule has 10 nitrogen and oxygen atoms in total. The fraction of sp³-hybridized carbons (Fsp3) is 0.318. The van der Waals surface area contributed by atoms with Crippen molar-refractivity contribution in [1.82, 2.24) is 9.47 Å². The third-order valence-electron chi connectivity index (χ3n) is 5.21. The first-order valence-corrected chi connectivity index (χ1v) is 10.9. The molecule has 1 aliphatic rings. The zero-order valence-corrected chi connectivity index (χ0v) is 19.6. The molecule has 1 fully saturated rings. The van der Waals surface area contributed by atoms with Gasteiger partial charge in [0.15, 0.2) is 0 Å². The summed E-state index contributed by atoms with van der Waals surface area (Å²) in [7, 11) is 1.43. The van der Waals surface area contributed by atoms with Crippen molar-refractivity contribution < 1.29 is 28.8 Å². The van der Waals surface area contributed by atoms with Gasteiger partial charge < -0.3 is 14.0 Å². The number of thioether (sulfide) groups is 1. The lowest BCUT2D eigenvalue weighted by Gasteiger charge is -2.19. The summed E-state index contributed by atoms with van der Waals surface area (Å²) >= 11 is 0.755. The maximum absolute atomic E-state index is 12.9. The van der Waals surface area contributed by atoms with Gasteiger partial charge in [-0.05, 0) is 63.2 Å². The van der Waals surface area contributed by atoms with Gasteiger partial charge in [0.1, 0.15) is 11.8 Å². The van der Waals surface area contributed by atoms with Crippen molar-refractivity contribution in [3.63, 3.8) is 0 Å². The fourth-order valence-electron chi connectivity index (χ4n) is 3.59. The summed E-state index contributed by atoms with van der Waals surface area (Å²) in [5.41, 5.74) is 2.72. The summed E-state index contributed by atoms with van der Waals surface area (Å²) in [6, 6.07) is 5.13. The monoisotopic (exact) mass is 473 g/mol. The second-order valence-corrected chi connectivity index (χ2v) is 8.25. The van der Waals surface area contributed by atoms with Crippen LogP contribution in [0.3, 0.4) is 0 Å². The Morgan fingerprint density at radius 3 is 2.58 bits per heavy atom. The minimum absolute atomic E-state index is 0.0947. The third-order valence-corrected chi connectivity index (χ3v) is 6.09. The van der Waals surface area contributed by atoms with Gasteiger partial charge in [-0.15, -0.1) is 0 Å². The Labute approximate surface area is 194 Å². The molecule has 0 aliphatic carbocycles. The van der Waals surface area contributed by atoms with Crippen molar-refractivity contribution in [2.24, 2.45) is 0 Å². The van der Waals surface area contributed by atoms with E-state index in [9.17, 15) is 24.5 Å². The Kier molecular flexibility index (Phi) is 6.92. The van der Waals surface area contributed by atoms with Crippen molar-refractivity contribution in [1.29, 1.82) is 0 Å². The molecule has 1 saturated heterocycles. The van der Waals surface area contributed by atoms with Crippen molar-refractivity contribution >= 4 is 40.6 Å². The predicted octanol–water partition coefficient (Wildman–Crippen LogP) is 4.00. The summed E-state index contributed by atoms with van der Waals surface area (Å²) in [6.07, 6.45) is 1.60. The number of carbonyl (C=O) groups is 3. The molecule has 33 heavy (non-hydrogen) atoms. The summed E-state index contributed by atoms with van der Waals surface area (Å²) in [4.78, 5) is 49.0. The molecule has 0 radical (unpaired) electrons. The standard InChI is InChI=1S/C22H23N3O7S/c1-6-32-21(27)14(4)24-20(26)19(33-22(24)28)10-15-9-12(2)23(13(15)3)17-8-7-16(25(29)30)11-18(17)31-5/h7-11,14H,6H2,1-5H3/b19-10+/t14-/m1/s1. The van der Waals surface area contributed by atoms with Gasteiger partial charge in [-0.3, -0.25) is 24.6 Å². The van der Waals surface area contributed by atoms with Crippen LogP contribution >= 0.6 is 11.8 Å². The van der Waals surface area contributed by atoms with Crippen LogP contribution in [0.5, 0.6) is 5.75 Å². The van der Waals surface area contributed by atoms with Gasteiger partial charge in [-0.1, -0.05) is 0 Å². The van der Waals surface area contributed by atoms with Crippen LogP contribution < -0.4 is 4.74 Å². The highest BCUT2D eigenvalue weighted by molar-refractivity contribution is 8.18. The Morgan fingerprint density at radius 1 is 1.27 bits per heavy atom. The van der Waals surface area contributed by atoms with Crippen LogP contribution in [0.4, 0.5) is 10.5 Å². The Balaban J connectivity index is 1.99. The van der Waals surface area contributed by atoms with E-state index in [1.54, 1.807) is 19.1 Å². The molecule has 11 heteroatoms. The van der Waals surface area contributed by atoms with Crippen LogP contribution in [0.15, 0.2) is 29.2 Å². The summed E-state index contributed by atoms with van der Waals surface area (Å²) in [5, 5.41) is 10.6. The second-order valence-electron chi connectivity index (χ2n) is 7.25. The van der Waals surface area contributed by atoms with Crippen LogP contribution in [-0.4, -0.2) is 51.3 Å². The van der Waals surface area contributed by atoms with E-state index in [1.807, 2.05) is 24.5 Å². The molecule has 2 aromatic rings. The number of aryl methyl sites for hydroxylation is 1. The molecule has 3 rings (SSSR count). The van der Waals surface area contributed by atoms with Gasteiger partial charge in [-0.25, -0.2) is 4.79 Å². The van der Waals surface area contributed by atoms with E-state index < -0.39 is 28.1 Å². The number of rotatable bonds is 7. The summed E-state index contributed by atoms with van der Waals surface area (Å²) in [5.74, 6) is -0.895. The number of methoxy groups -OCH3 is 1. The number of nitro groups is 1. The van der Waals surface area contributed by atoms with Gasteiger partial charge in [-0.2, -0.15) is 0 Å². The topological polar surface area (TPSA) is 121 Å². The maximum Gasteiger partial charge on any atom is 0.329 e. The van der Waals surface area contributed by atoms with E-state index in [2.05, 4.69) is 0 Å². The molecule has 1 atom stereocenters. The van der Waals surface area contributed by atoms with Gasteiger partial charge in [0.25, 0.3) is 16.8 Å². The number of imide groups is 1. The van der Waals surface area contributed by atoms with E-state index in [4.69, 9.17) is 9.47 Å². The van der Waals surface area contributed by atoms with Crippen LogP contribution in [-0.2, 0) is 14.3 Å². The summed E-state index contributed by atoms with van der Waals surface area (Å²) in [6.45, 7) is 6.91. The number of benzene rings is 1. The molecule has 1 aliphatic heterocycles. The van der Waals surface area contributed by atoms with Crippen molar-refractivity contribution in [2.45, 2.75) is 33.7 Å². The first-order chi connectivity index (χ1) is 15.6. The lowest BCUT2D eigenvalue weighted by molar-refractivity contribution is -0.384. The zero-order chi connectivity index (χ0) is 24.4. The molecular weight excluding hydrogens is 450 g/mol. The average Bonchev–Trinajstić information content (AvgIpc) is 3.21. The minimum atomic E-state index is -1.03. The Morgan fingerprint density at radius 2 is 1.97 bits per heavy atom. The smallest absolute Gasteiger partial charge is 0.329 e. The van der Waals surface area contributed by atoms with Crippen molar-refractivity contribution in [3.8, 4) is 11.4 Å². The van der Waals surface area contributed by atoms with E-state index in [-0.39, 0.29) is 17.2 Å². The number of carbonyl (C=O) groups excluding carboxylic acids is 3. The summed E-state index contributed by atoms with van der Waals surface area (Å²) < 4.78 is 12.1. The Bertz CT molecular complexity index is 1180. The molecule has 2 amide bonds. The highest BCUT2D eigenvalue weighted by Gasteiger charge is 2.41. The van der Waals surface area contributed by atoms with Gasteiger partial charge in [0.2, 0.25) is 0 Å². The third kappa shape index (κ3) is 4.49. The van der Waals surface area contributed by atoms with Crippen LogP contribution in [0.1, 0.15) is 30.8 Å². The van der Waals surface area contributed by atoms with Gasteiger partial charge in [0, 0.05) is 17.5 Å². The molecule has 0 bridgehead atoms. The molecule has 0 N–H and O–H groups in total. The molecule has 1 aromatic heterocycles. The fourth-order valence-corrected chi connectivity index (χ4v) is 4.49. The van der Waals surface area contributed by atoms with Crippen molar-refractivity contribution in [3.05, 3.63) is 56.2 Å². The molecule has 0 unspecified atom stereocenters. The zero-order valence-electron chi connectivity index (χ0n) is 18.8. The van der Waals surface area contributed by atoms with Crippen LogP contribution in [0, 0.1) is 24.0 Å². The number of amides is 2. The normalized spacial score (nSPS) is 15.8. The maximum atomic E-state index is 12.9. The number of aromatic nitrogens is 1. The van der Waals surface area contributed by atoms with Gasteiger partial charge >= 0.3 is 5.97 Å². The quantitative estimate of drug-likeness (QED) is 0.256. The minimum Gasteiger partial charge on any atom is -0.494 e. The number of non-ortho nitro benzene ring substituents is 1. The Hall–Kier alpha value is -3.60. The number of esters is 1. The molecule has 1 aromatic carbocycles. The number of nitrogens with zero attached hydrogens (tertiary/aromatic N) is 3. The molecule has 174 valence electrons.